The van der Waals surface area contributed by atoms with Gasteiger partial charge in [0.25, 0.3) is 0 Å². The van der Waals surface area contributed by atoms with E-state index < -0.39 is 0 Å². The molecule has 0 aliphatic heterocycles. The van der Waals surface area contributed by atoms with Crippen LogP contribution < -0.4 is 4.74 Å². The number of methoxy groups -OCH3 is 1. The Hall–Kier alpha value is -2.80. The van der Waals surface area contributed by atoms with Gasteiger partial charge in [0, 0.05) is 5.92 Å². The third kappa shape index (κ3) is 3.35. The zero-order chi connectivity index (χ0) is 16.1. The largest absolute Gasteiger partial charge is 0.497 e. The number of allylic oxidation sites excluding steroid dienone is 1. The molecule has 0 radical (unpaired) electrons. The minimum atomic E-state index is 0.129. The standard InChI is InChI=1S/C22H20O/c1-17(18-9-5-3-6-10-18)22(19-11-7-4-8-12-19)20-13-15-21(23-2)16-14-20/h3-16,22H,1H2,2H3. The topological polar surface area (TPSA) is 9.23 Å². The summed E-state index contributed by atoms with van der Waals surface area (Å²) >= 11 is 0. The monoisotopic (exact) mass is 300 g/mol. The van der Waals surface area contributed by atoms with Crippen LogP contribution in [0.5, 0.6) is 5.75 Å². The molecule has 0 aromatic heterocycles. The summed E-state index contributed by atoms with van der Waals surface area (Å²) in [4.78, 5) is 0. The molecule has 1 unspecified atom stereocenters. The molecule has 0 aliphatic carbocycles. The summed E-state index contributed by atoms with van der Waals surface area (Å²) in [5.41, 5.74) is 4.72. The predicted octanol–water partition coefficient (Wildman–Crippen LogP) is 5.54. The molecule has 0 saturated heterocycles. The lowest BCUT2D eigenvalue weighted by Gasteiger charge is -2.21. The van der Waals surface area contributed by atoms with E-state index in [2.05, 4.69) is 67.2 Å². The van der Waals surface area contributed by atoms with Crippen LogP contribution in [0.3, 0.4) is 0 Å². The second kappa shape index (κ2) is 6.97. The summed E-state index contributed by atoms with van der Waals surface area (Å²) in [5, 5.41) is 0. The normalized spacial score (nSPS) is 11.7. The van der Waals surface area contributed by atoms with Crippen molar-refractivity contribution >= 4 is 5.57 Å². The molecule has 0 saturated carbocycles. The molecule has 3 aromatic rings. The van der Waals surface area contributed by atoms with Gasteiger partial charge in [0.15, 0.2) is 0 Å². The number of hydrogen-bond donors (Lipinski definition) is 0. The summed E-state index contributed by atoms with van der Waals surface area (Å²) in [7, 11) is 1.69. The van der Waals surface area contributed by atoms with E-state index in [0.29, 0.717) is 0 Å². The van der Waals surface area contributed by atoms with Crippen molar-refractivity contribution in [3.63, 3.8) is 0 Å². The zero-order valence-corrected chi connectivity index (χ0v) is 13.3. The van der Waals surface area contributed by atoms with Gasteiger partial charge in [0.1, 0.15) is 5.75 Å². The number of ether oxygens (including phenoxy) is 1. The van der Waals surface area contributed by atoms with Crippen LogP contribution >= 0.6 is 0 Å². The van der Waals surface area contributed by atoms with Crippen LogP contribution in [-0.4, -0.2) is 7.11 Å². The molecule has 0 spiro atoms. The van der Waals surface area contributed by atoms with Gasteiger partial charge in [-0.1, -0.05) is 79.4 Å². The van der Waals surface area contributed by atoms with Crippen LogP contribution in [0, 0.1) is 0 Å². The smallest absolute Gasteiger partial charge is 0.118 e. The van der Waals surface area contributed by atoms with Crippen molar-refractivity contribution in [2.24, 2.45) is 0 Å². The molecule has 0 N–H and O–H groups in total. The maximum absolute atomic E-state index is 5.28. The molecule has 0 fully saturated rings. The van der Waals surface area contributed by atoms with Crippen molar-refractivity contribution in [2.45, 2.75) is 5.92 Å². The van der Waals surface area contributed by atoms with E-state index in [0.717, 1.165) is 16.9 Å². The van der Waals surface area contributed by atoms with Gasteiger partial charge in [-0.3, -0.25) is 0 Å². The van der Waals surface area contributed by atoms with Gasteiger partial charge in [-0.15, -0.1) is 0 Å². The van der Waals surface area contributed by atoms with Crippen molar-refractivity contribution in [3.05, 3.63) is 108 Å². The highest BCUT2D eigenvalue weighted by molar-refractivity contribution is 5.73. The van der Waals surface area contributed by atoms with Gasteiger partial charge in [0.2, 0.25) is 0 Å². The predicted molar refractivity (Wildman–Crippen MR) is 96.8 cm³/mol. The Bertz CT molecular complexity index is 758. The van der Waals surface area contributed by atoms with Crippen molar-refractivity contribution in [3.8, 4) is 5.75 Å². The van der Waals surface area contributed by atoms with Crippen molar-refractivity contribution in [1.82, 2.24) is 0 Å². The summed E-state index contributed by atoms with van der Waals surface area (Å²) in [6.45, 7) is 4.39. The van der Waals surface area contributed by atoms with Crippen LogP contribution in [0.25, 0.3) is 5.57 Å². The van der Waals surface area contributed by atoms with E-state index in [1.54, 1.807) is 7.11 Å². The lowest BCUT2D eigenvalue weighted by molar-refractivity contribution is 0.414. The molecule has 1 nitrogen and oxygen atoms in total. The van der Waals surface area contributed by atoms with Crippen molar-refractivity contribution in [1.29, 1.82) is 0 Å². The highest BCUT2D eigenvalue weighted by Gasteiger charge is 2.18. The van der Waals surface area contributed by atoms with Gasteiger partial charge in [0.05, 0.1) is 7.11 Å². The molecular weight excluding hydrogens is 280 g/mol. The number of rotatable bonds is 5. The Morgan fingerprint density at radius 2 is 1.26 bits per heavy atom. The molecule has 114 valence electrons. The second-order valence-corrected chi connectivity index (χ2v) is 5.51. The summed E-state index contributed by atoms with van der Waals surface area (Å²) < 4.78 is 5.28. The number of benzene rings is 3. The molecule has 0 aliphatic rings. The third-order valence-electron chi connectivity index (χ3n) is 4.08. The first-order chi connectivity index (χ1) is 11.3. The molecule has 3 aromatic carbocycles. The van der Waals surface area contributed by atoms with E-state index in [-0.39, 0.29) is 5.92 Å². The van der Waals surface area contributed by atoms with Gasteiger partial charge in [-0.2, -0.15) is 0 Å². The SMILES string of the molecule is C=C(c1ccccc1)C(c1ccccc1)c1ccc(OC)cc1. The van der Waals surface area contributed by atoms with Crippen molar-refractivity contribution < 1.29 is 4.74 Å². The lowest BCUT2D eigenvalue weighted by Crippen LogP contribution is -2.03. The van der Waals surface area contributed by atoms with Crippen LogP contribution in [0.15, 0.2) is 91.5 Å². The Morgan fingerprint density at radius 1 is 0.739 bits per heavy atom. The minimum absolute atomic E-state index is 0.129. The van der Waals surface area contributed by atoms with E-state index in [4.69, 9.17) is 4.74 Å². The third-order valence-corrected chi connectivity index (χ3v) is 4.08. The molecule has 0 bridgehead atoms. The first-order valence-electron chi connectivity index (χ1n) is 7.72. The van der Waals surface area contributed by atoms with Crippen LogP contribution in [-0.2, 0) is 0 Å². The van der Waals surface area contributed by atoms with Crippen LogP contribution in [0.4, 0.5) is 0 Å². The fraction of sp³-hybridized carbons (Fsp3) is 0.0909. The van der Waals surface area contributed by atoms with E-state index in [1.807, 2.05) is 24.3 Å². The molecule has 23 heavy (non-hydrogen) atoms. The number of hydrogen-bond acceptors (Lipinski definition) is 1. The van der Waals surface area contributed by atoms with Gasteiger partial charge in [-0.25, -0.2) is 0 Å². The Balaban J connectivity index is 2.05. The molecule has 1 heteroatoms. The minimum Gasteiger partial charge on any atom is -0.497 e. The van der Waals surface area contributed by atoms with Gasteiger partial charge >= 0.3 is 0 Å². The van der Waals surface area contributed by atoms with E-state index in [1.165, 1.54) is 11.1 Å². The highest BCUT2D eigenvalue weighted by Crippen LogP contribution is 2.37. The quantitative estimate of drug-likeness (QED) is 0.601. The summed E-state index contributed by atoms with van der Waals surface area (Å²) in [6.07, 6.45) is 0. The Kier molecular flexibility index (Phi) is 4.58. The first-order valence-corrected chi connectivity index (χ1v) is 7.72. The van der Waals surface area contributed by atoms with Gasteiger partial charge in [-0.05, 0) is 34.4 Å². The maximum Gasteiger partial charge on any atom is 0.118 e. The summed E-state index contributed by atoms with van der Waals surface area (Å²) in [6, 6.07) is 29.1. The first kappa shape index (κ1) is 15.1. The van der Waals surface area contributed by atoms with Crippen LogP contribution in [0.2, 0.25) is 0 Å². The fourth-order valence-corrected chi connectivity index (χ4v) is 2.86. The zero-order valence-electron chi connectivity index (χ0n) is 13.3. The Morgan fingerprint density at radius 3 is 1.83 bits per heavy atom. The second-order valence-electron chi connectivity index (χ2n) is 5.51. The lowest BCUT2D eigenvalue weighted by atomic mass is 9.82. The maximum atomic E-state index is 5.28. The molecule has 0 heterocycles. The van der Waals surface area contributed by atoms with E-state index in [9.17, 15) is 0 Å². The molecular formula is C22H20O. The molecule has 3 rings (SSSR count). The average Bonchev–Trinajstić information content (AvgIpc) is 2.64. The van der Waals surface area contributed by atoms with E-state index >= 15 is 0 Å². The molecule has 0 amide bonds. The summed E-state index contributed by atoms with van der Waals surface area (Å²) in [5.74, 6) is 0.996. The average molecular weight is 300 g/mol. The molecule has 1 atom stereocenters. The fourth-order valence-electron chi connectivity index (χ4n) is 2.86. The highest BCUT2D eigenvalue weighted by atomic mass is 16.5. The van der Waals surface area contributed by atoms with Crippen molar-refractivity contribution in [2.75, 3.05) is 7.11 Å². The van der Waals surface area contributed by atoms with Gasteiger partial charge < -0.3 is 4.74 Å². The Labute approximate surface area is 137 Å². The van der Waals surface area contributed by atoms with Crippen LogP contribution in [0.1, 0.15) is 22.6 Å².